The molecule has 1 aromatic carbocycles. The van der Waals surface area contributed by atoms with Crippen LogP contribution in [0.1, 0.15) is 32.1 Å². The molecule has 0 aliphatic heterocycles. The fraction of sp³-hybridized carbons (Fsp3) is 0.429. The van der Waals surface area contributed by atoms with Gasteiger partial charge in [-0.1, -0.05) is 26.0 Å². The van der Waals surface area contributed by atoms with E-state index in [9.17, 15) is 4.79 Å². The van der Waals surface area contributed by atoms with Crippen LogP contribution >= 0.6 is 0 Å². The first-order valence-corrected chi connectivity index (χ1v) is 6.38. The van der Waals surface area contributed by atoms with Gasteiger partial charge < -0.3 is 5.32 Å². The number of hydrogen-bond acceptors (Lipinski definition) is 3. The second kappa shape index (κ2) is 5.31. The Morgan fingerprint density at radius 1 is 1.33 bits per heavy atom. The maximum absolute atomic E-state index is 12.3. The van der Waals surface area contributed by atoms with Gasteiger partial charge in [0.05, 0.1) is 16.9 Å². The third kappa shape index (κ3) is 2.16. The van der Waals surface area contributed by atoms with Crippen LogP contribution in [0.25, 0.3) is 10.9 Å². The molecule has 1 aromatic heterocycles. The first-order chi connectivity index (χ1) is 8.69. The number of benzene rings is 1. The van der Waals surface area contributed by atoms with Crippen LogP contribution in [0.15, 0.2) is 29.1 Å². The molecule has 1 heterocycles. The fourth-order valence-electron chi connectivity index (χ4n) is 2.21. The predicted octanol–water partition coefficient (Wildman–Crippen LogP) is 1.99. The number of aromatic nitrogens is 2. The van der Waals surface area contributed by atoms with E-state index in [2.05, 4.69) is 24.1 Å². The lowest BCUT2D eigenvalue weighted by molar-refractivity contribution is 0.487. The van der Waals surface area contributed by atoms with Gasteiger partial charge in [-0.05, 0) is 25.1 Å². The Labute approximate surface area is 107 Å². The highest BCUT2D eigenvalue weighted by atomic mass is 16.1. The molecule has 0 amide bonds. The highest BCUT2D eigenvalue weighted by molar-refractivity contribution is 5.77. The molecule has 0 saturated heterocycles. The number of para-hydroxylation sites is 1. The molecule has 0 saturated carbocycles. The SMILES string of the molecule is CCN[C@H](CC)c1nc2ccccc2c(=O)n1C. The van der Waals surface area contributed by atoms with Crippen LogP contribution in [0.4, 0.5) is 0 Å². The van der Waals surface area contributed by atoms with Crippen LogP contribution in [-0.4, -0.2) is 16.1 Å². The van der Waals surface area contributed by atoms with Crippen LogP contribution in [-0.2, 0) is 7.05 Å². The number of nitrogens with zero attached hydrogens (tertiary/aromatic N) is 2. The average Bonchev–Trinajstić information content (AvgIpc) is 2.40. The molecule has 2 aromatic rings. The number of rotatable bonds is 4. The van der Waals surface area contributed by atoms with Gasteiger partial charge in [0.15, 0.2) is 0 Å². The summed E-state index contributed by atoms with van der Waals surface area (Å²) in [6.07, 6.45) is 0.909. The topological polar surface area (TPSA) is 46.9 Å². The molecule has 1 N–H and O–H groups in total. The Hall–Kier alpha value is -1.68. The van der Waals surface area contributed by atoms with Crippen LogP contribution in [0, 0.1) is 0 Å². The Morgan fingerprint density at radius 2 is 2.06 bits per heavy atom. The van der Waals surface area contributed by atoms with Gasteiger partial charge in [0.2, 0.25) is 0 Å². The zero-order chi connectivity index (χ0) is 13.1. The summed E-state index contributed by atoms with van der Waals surface area (Å²) in [7, 11) is 1.79. The Bertz CT molecular complexity index is 604. The molecular weight excluding hydrogens is 226 g/mol. The zero-order valence-electron chi connectivity index (χ0n) is 11.1. The first-order valence-electron chi connectivity index (χ1n) is 6.38. The summed E-state index contributed by atoms with van der Waals surface area (Å²) in [6.45, 7) is 5.01. The van der Waals surface area contributed by atoms with Gasteiger partial charge in [-0.25, -0.2) is 4.98 Å². The second-order valence-electron chi connectivity index (χ2n) is 4.37. The molecule has 0 radical (unpaired) electrons. The van der Waals surface area contributed by atoms with E-state index in [1.807, 2.05) is 24.3 Å². The number of hydrogen-bond donors (Lipinski definition) is 1. The average molecular weight is 245 g/mol. The van der Waals surface area contributed by atoms with Gasteiger partial charge in [-0.15, -0.1) is 0 Å². The normalized spacial score (nSPS) is 12.8. The van der Waals surface area contributed by atoms with Gasteiger partial charge in [0.1, 0.15) is 5.82 Å². The van der Waals surface area contributed by atoms with Crippen molar-refractivity contribution in [2.24, 2.45) is 7.05 Å². The summed E-state index contributed by atoms with van der Waals surface area (Å²) in [5.74, 6) is 0.808. The minimum atomic E-state index is 0.0203. The van der Waals surface area contributed by atoms with Crippen molar-refractivity contribution in [3.05, 3.63) is 40.4 Å². The third-order valence-corrected chi connectivity index (χ3v) is 3.19. The minimum absolute atomic E-state index is 0.0203. The summed E-state index contributed by atoms with van der Waals surface area (Å²) < 4.78 is 1.65. The minimum Gasteiger partial charge on any atom is -0.308 e. The quantitative estimate of drug-likeness (QED) is 0.896. The van der Waals surface area contributed by atoms with Gasteiger partial charge in [0, 0.05) is 7.05 Å². The Balaban J connectivity index is 2.64. The van der Waals surface area contributed by atoms with Gasteiger partial charge in [-0.2, -0.15) is 0 Å². The monoisotopic (exact) mass is 245 g/mol. The second-order valence-corrected chi connectivity index (χ2v) is 4.37. The van der Waals surface area contributed by atoms with Crippen LogP contribution in [0.5, 0.6) is 0 Å². The first kappa shape index (κ1) is 12.8. The van der Waals surface area contributed by atoms with E-state index in [4.69, 9.17) is 0 Å². The smallest absolute Gasteiger partial charge is 0.261 e. The van der Waals surface area contributed by atoms with E-state index in [0.29, 0.717) is 5.39 Å². The molecule has 0 spiro atoms. The van der Waals surface area contributed by atoms with Crippen LogP contribution < -0.4 is 10.9 Å². The van der Waals surface area contributed by atoms with Gasteiger partial charge in [0.25, 0.3) is 5.56 Å². The summed E-state index contributed by atoms with van der Waals surface area (Å²) in [4.78, 5) is 16.9. The van der Waals surface area contributed by atoms with Crippen molar-refractivity contribution < 1.29 is 0 Å². The molecule has 0 aliphatic rings. The van der Waals surface area contributed by atoms with E-state index >= 15 is 0 Å². The molecule has 0 unspecified atom stereocenters. The lowest BCUT2D eigenvalue weighted by atomic mass is 10.1. The molecule has 96 valence electrons. The van der Waals surface area contributed by atoms with Crippen LogP contribution in [0.2, 0.25) is 0 Å². The molecule has 4 heteroatoms. The molecule has 1 atom stereocenters. The fourth-order valence-corrected chi connectivity index (χ4v) is 2.21. The van der Waals surface area contributed by atoms with Crippen molar-refractivity contribution in [2.45, 2.75) is 26.3 Å². The highest BCUT2D eigenvalue weighted by Gasteiger charge is 2.15. The maximum Gasteiger partial charge on any atom is 0.261 e. The lowest BCUT2D eigenvalue weighted by Crippen LogP contribution is -2.30. The molecule has 4 nitrogen and oxygen atoms in total. The summed E-state index contributed by atoms with van der Waals surface area (Å²) in [6, 6.07) is 7.61. The van der Waals surface area contributed by atoms with E-state index in [0.717, 1.165) is 24.3 Å². The molecule has 18 heavy (non-hydrogen) atoms. The van der Waals surface area contributed by atoms with Crippen molar-refractivity contribution in [2.75, 3.05) is 6.54 Å². The van der Waals surface area contributed by atoms with Crippen LogP contribution in [0.3, 0.4) is 0 Å². The highest BCUT2D eigenvalue weighted by Crippen LogP contribution is 2.15. The van der Waals surface area contributed by atoms with Gasteiger partial charge >= 0.3 is 0 Å². The maximum atomic E-state index is 12.3. The lowest BCUT2D eigenvalue weighted by Gasteiger charge is -2.18. The molecule has 0 bridgehead atoms. The molecule has 0 aliphatic carbocycles. The number of nitrogens with one attached hydrogen (secondary N) is 1. The van der Waals surface area contributed by atoms with E-state index in [1.54, 1.807) is 11.6 Å². The van der Waals surface area contributed by atoms with Crippen molar-refractivity contribution in [3.63, 3.8) is 0 Å². The largest absolute Gasteiger partial charge is 0.308 e. The third-order valence-electron chi connectivity index (χ3n) is 3.19. The molecule has 2 rings (SSSR count). The van der Waals surface area contributed by atoms with Crippen molar-refractivity contribution >= 4 is 10.9 Å². The van der Waals surface area contributed by atoms with E-state index < -0.39 is 0 Å². The molecule has 0 fully saturated rings. The number of fused-ring (bicyclic) bond motifs is 1. The van der Waals surface area contributed by atoms with Gasteiger partial charge in [-0.3, -0.25) is 9.36 Å². The summed E-state index contributed by atoms with van der Waals surface area (Å²) >= 11 is 0. The predicted molar refractivity (Wildman–Crippen MR) is 73.7 cm³/mol. The van der Waals surface area contributed by atoms with Crippen molar-refractivity contribution in [3.8, 4) is 0 Å². The Kier molecular flexibility index (Phi) is 3.77. The standard InChI is InChI=1S/C14H19N3O/c1-4-11(15-5-2)13-16-12-9-7-6-8-10(12)14(18)17(13)3/h6-9,11,15H,4-5H2,1-3H3/t11-/m1/s1. The Morgan fingerprint density at radius 3 is 2.72 bits per heavy atom. The molecular formula is C14H19N3O. The van der Waals surface area contributed by atoms with E-state index in [-0.39, 0.29) is 11.6 Å². The van der Waals surface area contributed by atoms with E-state index in [1.165, 1.54) is 0 Å². The van der Waals surface area contributed by atoms with Crippen molar-refractivity contribution in [1.29, 1.82) is 0 Å². The summed E-state index contributed by atoms with van der Waals surface area (Å²) in [5.41, 5.74) is 0.791. The zero-order valence-corrected chi connectivity index (χ0v) is 11.1. The van der Waals surface area contributed by atoms with Crippen molar-refractivity contribution in [1.82, 2.24) is 14.9 Å². The summed E-state index contributed by atoms with van der Waals surface area (Å²) in [5, 5.41) is 4.04.